The van der Waals surface area contributed by atoms with Crippen LogP contribution < -0.4 is 10.9 Å². The SMILES string of the molecule is Cc1ccccc1CC(=O)NNC(=O)c1cc2ccccc2cc1O. The van der Waals surface area contributed by atoms with Crippen LogP contribution >= 0.6 is 0 Å². The number of rotatable bonds is 3. The maximum Gasteiger partial charge on any atom is 0.273 e. The number of aryl methyl sites for hydroxylation is 1. The van der Waals surface area contributed by atoms with E-state index in [-0.39, 0.29) is 23.6 Å². The summed E-state index contributed by atoms with van der Waals surface area (Å²) in [6, 6.07) is 18.1. The molecule has 0 aliphatic carbocycles. The molecule has 0 aliphatic rings. The lowest BCUT2D eigenvalue weighted by atomic mass is 10.1. The van der Waals surface area contributed by atoms with Crippen LogP contribution in [0.5, 0.6) is 5.75 Å². The van der Waals surface area contributed by atoms with Crippen LogP contribution in [0.3, 0.4) is 0 Å². The van der Waals surface area contributed by atoms with Crippen LogP contribution in [0.4, 0.5) is 0 Å². The summed E-state index contributed by atoms with van der Waals surface area (Å²) in [5.41, 5.74) is 6.74. The predicted octanol–water partition coefficient (Wildman–Crippen LogP) is 2.86. The number of hydrazine groups is 1. The minimum atomic E-state index is -0.568. The Bertz CT molecular complexity index is 951. The Labute approximate surface area is 145 Å². The van der Waals surface area contributed by atoms with E-state index in [2.05, 4.69) is 10.9 Å². The van der Waals surface area contributed by atoms with Crippen molar-refractivity contribution in [1.82, 2.24) is 10.9 Å². The molecule has 0 heterocycles. The van der Waals surface area contributed by atoms with Gasteiger partial charge in [0, 0.05) is 0 Å². The standard InChI is InChI=1S/C20H18N2O3/c1-13-6-2-3-7-14(13)12-19(24)21-22-20(25)17-10-15-8-4-5-9-16(15)11-18(17)23/h2-11,23H,12H2,1H3,(H,21,24)(H,22,25). The van der Waals surface area contributed by atoms with Gasteiger partial charge < -0.3 is 5.11 Å². The molecule has 0 aromatic heterocycles. The van der Waals surface area contributed by atoms with Crippen molar-refractivity contribution >= 4 is 22.6 Å². The Morgan fingerprint density at radius 1 is 0.920 bits per heavy atom. The van der Waals surface area contributed by atoms with Gasteiger partial charge in [0.1, 0.15) is 5.75 Å². The molecule has 3 aromatic carbocycles. The van der Waals surface area contributed by atoms with Gasteiger partial charge in [0.2, 0.25) is 5.91 Å². The predicted molar refractivity (Wildman–Crippen MR) is 96.1 cm³/mol. The van der Waals surface area contributed by atoms with Gasteiger partial charge in [-0.15, -0.1) is 0 Å². The molecular weight excluding hydrogens is 316 g/mol. The Morgan fingerprint density at radius 2 is 1.56 bits per heavy atom. The first-order chi connectivity index (χ1) is 12.0. The summed E-state index contributed by atoms with van der Waals surface area (Å²) in [4.78, 5) is 24.3. The third kappa shape index (κ3) is 3.77. The fourth-order valence-corrected chi connectivity index (χ4v) is 2.63. The number of carbonyl (C=O) groups is 2. The van der Waals surface area contributed by atoms with E-state index < -0.39 is 5.91 Å². The van der Waals surface area contributed by atoms with Crippen molar-refractivity contribution in [3.63, 3.8) is 0 Å². The zero-order valence-electron chi connectivity index (χ0n) is 13.7. The Kier molecular flexibility index (Phi) is 4.66. The zero-order valence-corrected chi connectivity index (χ0v) is 13.7. The first kappa shape index (κ1) is 16.5. The molecule has 0 bridgehead atoms. The molecule has 25 heavy (non-hydrogen) atoms. The van der Waals surface area contributed by atoms with E-state index in [1.165, 1.54) is 6.07 Å². The number of amides is 2. The largest absolute Gasteiger partial charge is 0.507 e. The molecule has 5 nitrogen and oxygen atoms in total. The van der Waals surface area contributed by atoms with Crippen LogP contribution in [0, 0.1) is 6.92 Å². The molecule has 0 spiro atoms. The lowest BCUT2D eigenvalue weighted by molar-refractivity contribution is -0.121. The van der Waals surface area contributed by atoms with Gasteiger partial charge in [0.05, 0.1) is 12.0 Å². The quantitative estimate of drug-likeness (QED) is 0.645. The molecule has 5 heteroatoms. The number of benzene rings is 3. The fraction of sp³-hybridized carbons (Fsp3) is 0.100. The fourth-order valence-electron chi connectivity index (χ4n) is 2.63. The van der Waals surface area contributed by atoms with Gasteiger partial charge >= 0.3 is 0 Å². The lowest BCUT2D eigenvalue weighted by Crippen LogP contribution is -2.42. The van der Waals surface area contributed by atoms with Gasteiger partial charge in [-0.3, -0.25) is 20.4 Å². The molecule has 126 valence electrons. The molecule has 0 saturated carbocycles. The zero-order chi connectivity index (χ0) is 17.8. The molecule has 3 N–H and O–H groups in total. The van der Waals surface area contributed by atoms with Crippen LogP contribution in [0.2, 0.25) is 0 Å². The van der Waals surface area contributed by atoms with E-state index in [0.29, 0.717) is 0 Å². The summed E-state index contributed by atoms with van der Waals surface area (Å²) in [6.45, 7) is 1.92. The molecule has 0 fully saturated rings. The number of phenols is 1. The molecule has 0 unspecified atom stereocenters. The second-order valence-electron chi connectivity index (χ2n) is 5.82. The van der Waals surface area contributed by atoms with Crippen LogP contribution in [0.1, 0.15) is 21.5 Å². The van der Waals surface area contributed by atoms with Crippen molar-refractivity contribution in [2.24, 2.45) is 0 Å². The molecule has 0 radical (unpaired) electrons. The van der Waals surface area contributed by atoms with E-state index in [1.54, 1.807) is 6.07 Å². The van der Waals surface area contributed by atoms with E-state index in [9.17, 15) is 14.7 Å². The molecule has 2 amide bonds. The first-order valence-electron chi connectivity index (χ1n) is 7.90. The summed E-state index contributed by atoms with van der Waals surface area (Å²) in [6.07, 6.45) is 0.163. The van der Waals surface area contributed by atoms with Crippen molar-refractivity contribution in [2.75, 3.05) is 0 Å². The van der Waals surface area contributed by atoms with Gasteiger partial charge in [-0.25, -0.2) is 0 Å². The van der Waals surface area contributed by atoms with Gasteiger partial charge in [-0.2, -0.15) is 0 Å². The number of hydrogen-bond acceptors (Lipinski definition) is 3. The first-order valence-corrected chi connectivity index (χ1v) is 7.90. The van der Waals surface area contributed by atoms with Crippen molar-refractivity contribution in [1.29, 1.82) is 0 Å². The Hall–Kier alpha value is -3.34. The smallest absolute Gasteiger partial charge is 0.273 e. The van der Waals surface area contributed by atoms with Crippen LogP contribution in [0.15, 0.2) is 60.7 Å². The average Bonchev–Trinajstić information content (AvgIpc) is 2.61. The van der Waals surface area contributed by atoms with Crippen molar-refractivity contribution < 1.29 is 14.7 Å². The number of hydrogen-bond donors (Lipinski definition) is 3. The lowest BCUT2D eigenvalue weighted by Gasteiger charge is -2.10. The highest BCUT2D eigenvalue weighted by molar-refractivity contribution is 6.02. The maximum absolute atomic E-state index is 12.2. The van der Waals surface area contributed by atoms with Crippen molar-refractivity contribution in [3.8, 4) is 5.75 Å². The van der Waals surface area contributed by atoms with Crippen molar-refractivity contribution in [2.45, 2.75) is 13.3 Å². The second kappa shape index (κ2) is 7.05. The third-order valence-corrected chi connectivity index (χ3v) is 4.04. The van der Waals surface area contributed by atoms with Gasteiger partial charge in [0.25, 0.3) is 5.91 Å². The molecule has 0 aliphatic heterocycles. The molecule has 3 aromatic rings. The van der Waals surface area contributed by atoms with E-state index in [0.717, 1.165) is 21.9 Å². The highest BCUT2D eigenvalue weighted by Gasteiger charge is 2.13. The number of nitrogens with one attached hydrogen (secondary N) is 2. The summed E-state index contributed by atoms with van der Waals surface area (Å²) in [5, 5.41) is 11.7. The Morgan fingerprint density at radius 3 is 2.28 bits per heavy atom. The number of carbonyl (C=O) groups excluding carboxylic acids is 2. The topological polar surface area (TPSA) is 78.4 Å². The average molecular weight is 334 g/mol. The van der Waals surface area contributed by atoms with Gasteiger partial charge in [0.15, 0.2) is 0 Å². The Balaban J connectivity index is 1.67. The molecule has 0 saturated heterocycles. The highest BCUT2D eigenvalue weighted by atomic mass is 16.3. The van der Waals surface area contributed by atoms with Gasteiger partial charge in [-0.05, 0) is 41.0 Å². The summed E-state index contributed by atoms with van der Waals surface area (Å²) < 4.78 is 0. The number of aromatic hydroxyl groups is 1. The summed E-state index contributed by atoms with van der Waals surface area (Å²) >= 11 is 0. The summed E-state index contributed by atoms with van der Waals surface area (Å²) in [5.74, 6) is -1.03. The summed E-state index contributed by atoms with van der Waals surface area (Å²) in [7, 11) is 0. The van der Waals surface area contributed by atoms with E-state index in [4.69, 9.17) is 0 Å². The van der Waals surface area contributed by atoms with E-state index in [1.807, 2.05) is 55.5 Å². The van der Waals surface area contributed by atoms with Crippen molar-refractivity contribution in [3.05, 3.63) is 77.4 Å². The second-order valence-corrected chi connectivity index (χ2v) is 5.82. The maximum atomic E-state index is 12.2. The minimum absolute atomic E-state index is 0.106. The third-order valence-electron chi connectivity index (χ3n) is 4.04. The van der Waals surface area contributed by atoms with Crippen LogP contribution in [-0.2, 0) is 11.2 Å². The van der Waals surface area contributed by atoms with Crippen LogP contribution in [-0.4, -0.2) is 16.9 Å². The minimum Gasteiger partial charge on any atom is -0.507 e. The monoisotopic (exact) mass is 334 g/mol. The molecule has 0 atom stereocenters. The molecular formula is C20H18N2O3. The van der Waals surface area contributed by atoms with Gasteiger partial charge in [-0.1, -0.05) is 48.5 Å². The number of phenolic OH excluding ortho intramolecular Hbond substituents is 1. The number of fused-ring (bicyclic) bond motifs is 1. The normalized spacial score (nSPS) is 10.4. The highest BCUT2D eigenvalue weighted by Crippen LogP contribution is 2.24. The molecule has 3 rings (SSSR count). The van der Waals surface area contributed by atoms with E-state index >= 15 is 0 Å². The van der Waals surface area contributed by atoms with Crippen LogP contribution in [0.25, 0.3) is 10.8 Å².